The number of ether oxygens (including phenoxy) is 1. The van der Waals surface area contributed by atoms with E-state index in [1.807, 2.05) is 30.6 Å². The molecule has 3 rings (SSSR count). The monoisotopic (exact) mass is 283 g/mol. The summed E-state index contributed by atoms with van der Waals surface area (Å²) in [7, 11) is 0. The van der Waals surface area contributed by atoms with Gasteiger partial charge in [0.1, 0.15) is 0 Å². The smallest absolute Gasteiger partial charge is 0.0736 e. The predicted octanol–water partition coefficient (Wildman–Crippen LogP) is 2.66. The van der Waals surface area contributed by atoms with Crippen LogP contribution in [0.3, 0.4) is 0 Å². The van der Waals surface area contributed by atoms with Gasteiger partial charge in [0.15, 0.2) is 0 Å². The van der Waals surface area contributed by atoms with Crippen molar-refractivity contribution in [3.63, 3.8) is 0 Å². The van der Waals surface area contributed by atoms with Crippen molar-refractivity contribution in [1.29, 1.82) is 0 Å². The molecular formula is C17H21N3O. The van der Waals surface area contributed by atoms with Crippen LogP contribution in [0.2, 0.25) is 0 Å². The van der Waals surface area contributed by atoms with Gasteiger partial charge < -0.3 is 4.74 Å². The molecule has 0 bridgehead atoms. The molecule has 0 unspecified atom stereocenters. The van der Waals surface area contributed by atoms with E-state index in [1.165, 1.54) is 6.42 Å². The second-order valence-electron chi connectivity index (χ2n) is 5.49. The summed E-state index contributed by atoms with van der Waals surface area (Å²) >= 11 is 0. The molecule has 21 heavy (non-hydrogen) atoms. The van der Waals surface area contributed by atoms with Crippen LogP contribution < -0.4 is 0 Å². The summed E-state index contributed by atoms with van der Waals surface area (Å²) < 4.78 is 6.03. The number of hydrogen-bond acceptors (Lipinski definition) is 4. The fourth-order valence-corrected chi connectivity index (χ4v) is 2.71. The predicted molar refractivity (Wildman–Crippen MR) is 81.6 cm³/mol. The first-order valence-corrected chi connectivity index (χ1v) is 7.53. The fraction of sp³-hybridized carbons (Fsp3) is 0.412. The van der Waals surface area contributed by atoms with Crippen LogP contribution in [0.4, 0.5) is 0 Å². The van der Waals surface area contributed by atoms with E-state index in [1.54, 1.807) is 6.20 Å². The van der Waals surface area contributed by atoms with E-state index in [0.29, 0.717) is 12.7 Å². The molecule has 1 aliphatic heterocycles. The van der Waals surface area contributed by atoms with Crippen molar-refractivity contribution in [3.05, 3.63) is 60.2 Å². The normalized spacial score (nSPS) is 19.5. The number of nitrogens with zero attached hydrogens (tertiary/aromatic N) is 3. The molecule has 2 aromatic heterocycles. The second kappa shape index (κ2) is 7.29. The minimum Gasteiger partial charge on any atom is -0.372 e. The quantitative estimate of drug-likeness (QED) is 0.845. The lowest BCUT2D eigenvalue weighted by atomic mass is 10.1. The van der Waals surface area contributed by atoms with Crippen LogP contribution in [-0.4, -0.2) is 34.1 Å². The molecule has 0 spiro atoms. The highest BCUT2D eigenvalue weighted by Gasteiger charge is 2.20. The van der Waals surface area contributed by atoms with Gasteiger partial charge in [-0.25, -0.2) is 0 Å². The zero-order chi connectivity index (χ0) is 14.3. The molecule has 0 aromatic carbocycles. The van der Waals surface area contributed by atoms with Crippen LogP contribution in [0.15, 0.2) is 48.9 Å². The van der Waals surface area contributed by atoms with Gasteiger partial charge in [0, 0.05) is 31.7 Å². The van der Waals surface area contributed by atoms with Gasteiger partial charge in [-0.3, -0.25) is 14.9 Å². The highest BCUT2D eigenvalue weighted by atomic mass is 16.5. The first-order valence-electron chi connectivity index (χ1n) is 7.53. The Bertz CT molecular complexity index is 532. The van der Waals surface area contributed by atoms with Crippen molar-refractivity contribution in [1.82, 2.24) is 14.9 Å². The molecule has 110 valence electrons. The van der Waals surface area contributed by atoms with Gasteiger partial charge >= 0.3 is 0 Å². The third-order valence-electron chi connectivity index (χ3n) is 3.78. The Morgan fingerprint density at radius 1 is 1.19 bits per heavy atom. The SMILES string of the molecule is c1ccc(CN2CCC[C@@H](OCc3cccnc3)C2)nc1. The lowest BCUT2D eigenvalue weighted by Gasteiger charge is -2.32. The van der Waals surface area contributed by atoms with Gasteiger partial charge in [0.05, 0.1) is 18.4 Å². The lowest BCUT2D eigenvalue weighted by molar-refractivity contribution is -0.0124. The largest absolute Gasteiger partial charge is 0.372 e. The van der Waals surface area contributed by atoms with E-state index in [0.717, 1.165) is 37.3 Å². The Morgan fingerprint density at radius 2 is 2.19 bits per heavy atom. The Hall–Kier alpha value is -1.78. The van der Waals surface area contributed by atoms with Crippen LogP contribution in [0.25, 0.3) is 0 Å². The zero-order valence-corrected chi connectivity index (χ0v) is 12.2. The molecule has 0 saturated carbocycles. The minimum atomic E-state index is 0.308. The molecule has 4 nitrogen and oxygen atoms in total. The van der Waals surface area contributed by atoms with Gasteiger partial charge in [-0.15, -0.1) is 0 Å². The first kappa shape index (κ1) is 14.2. The topological polar surface area (TPSA) is 38.2 Å². The molecule has 1 atom stereocenters. The molecule has 0 radical (unpaired) electrons. The van der Waals surface area contributed by atoms with Crippen LogP contribution in [0.5, 0.6) is 0 Å². The molecule has 0 aliphatic carbocycles. The molecule has 4 heteroatoms. The van der Waals surface area contributed by atoms with Gasteiger partial charge in [-0.05, 0) is 43.1 Å². The van der Waals surface area contributed by atoms with Crippen molar-refractivity contribution in [3.8, 4) is 0 Å². The average molecular weight is 283 g/mol. The molecule has 0 N–H and O–H groups in total. The van der Waals surface area contributed by atoms with E-state index in [4.69, 9.17) is 4.74 Å². The van der Waals surface area contributed by atoms with Crippen LogP contribution in [0.1, 0.15) is 24.1 Å². The maximum atomic E-state index is 6.03. The summed E-state index contributed by atoms with van der Waals surface area (Å²) in [4.78, 5) is 11.0. The van der Waals surface area contributed by atoms with Crippen molar-refractivity contribution >= 4 is 0 Å². The Labute approximate surface area is 125 Å². The van der Waals surface area contributed by atoms with Gasteiger partial charge in [0.25, 0.3) is 0 Å². The minimum absolute atomic E-state index is 0.308. The van der Waals surface area contributed by atoms with Crippen LogP contribution in [-0.2, 0) is 17.9 Å². The molecule has 1 fully saturated rings. The summed E-state index contributed by atoms with van der Waals surface area (Å²) in [5.41, 5.74) is 2.27. The van der Waals surface area contributed by atoms with Crippen molar-refractivity contribution in [2.45, 2.75) is 32.1 Å². The van der Waals surface area contributed by atoms with E-state index >= 15 is 0 Å². The summed E-state index contributed by atoms with van der Waals surface area (Å²) in [5.74, 6) is 0. The number of rotatable bonds is 5. The Morgan fingerprint density at radius 3 is 3.00 bits per heavy atom. The standard InChI is InChI=1S/C17H21N3O/c1-2-9-19-16(6-1)12-20-10-4-7-17(13-20)21-14-15-5-3-8-18-11-15/h1-3,5-6,8-9,11,17H,4,7,10,12-14H2/t17-/m1/s1. The Kier molecular flexibility index (Phi) is 4.92. The molecular weight excluding hydrogens is 262 g/mol. The van der Waals surface area contributed by atoms with E-state index in [9.17, 15) is 0 Å². The van der Waals surface area contributed by atoms with Crippen LogP contribution in [0, 0.1) is 0 Å². The fourth-order valence-electron chi connectivity index (χ4n) is 2.71. The number of pyridine rings is 2. The summed E-state index contributed by atoms with van der Waals surface area (Å²) in [6.07, 6.45) is 8.15. The molecule has 1 saturated heterocycles. The summed E-state index contributed by atoms with van der Waals surface area (Å²) in [6, 6.07) is 10.1. The summed E-state index contributed by atoms with van der Waals surface area (Å²) in [5, 5.41) is 0. The molecule has 1 aliphatic rings. The summed E-state index contributed by atoms with van der Waals surface area (Å²) in [6.45, 7) is 3.67. The maximum Gasteiger partial charge on any atom is 0.0736 e. The number of aromatic nitrogens is 2. The van der Waals surface area contributed by atoms with E-state index in [2.05, 4.69) is 27.0 Å². The molecule has 3 heterocycles. The lowest BCUT2D eigenvalue weighted by Crippen LogP contribution is -2.39. The third kappa shape index (κ3) is 4.34. The average Bonchev–Trinajstić information content (AvgIpc) is 2.55. The zero-order valence-electron chi connectivity index (χ0n) is 12.2. The van der Waals surface area contributed by atoms with Crippen molar-refractivity contribution < 1.29 is 4.74 Å². The highest BCUT2D eigenvalue weighted by Crippen LogP contribution is 2.16. The number of hydrogen-bond donors (Lipinski definition) is 0. The van der Waals surface area contributed by atoms with Gasteiger partial charge in [-0.2, -0.15) is 0 Å². The first-order chi connectivity index (χ1) is 10.4. The van der Waals surface area contributed by atoms with E-state index < -0.39 is 0 Å². The highest BCUT2D eigenvalue weighted by molar-refractivity contribution is 5.07. The molecule has 2 aromatic rings. The van der Waals surface area contributed by atoms with Gasteiger partial charge in [-0.1, -0.05) is 12.1 Å². The maximum absolute atomic E-state index is 6.03. The number of likely N-dealkylation sites (tertiary alicyclic amines) is 1. The van der Waals surface area contributed by atoms with Crippen molar-refractivity contribution in [2.24, 2.45) is 0 Å². The number of piperidine rings is 1. The second-order valence-corrected chi connectivity index (χ2v) is 5.49. The van der Waals surface area contributed by atoms with E-state index in [-0.39, 0.29) is 0 Å². The van der Waals surface area contributed by atoms with Gasteiger partial charge in [0.2, 0.25) is 0 Å². The Balaban J connectivity index is 1.49. The molecule has 0 amide bonds. The third-order valence-corrected chi connectivity index (χ3v) is 3.78. The van der Waals surface area contributed by atoms with Crippen LogP contribution >= 0.6 is 0 Å². The van der Waals surface area contributed by atoms with Crippen molar-refractivity contribution in [2.75, 3.05) is 13.1 Å².